The van der Waals surface area contributed by atoms with E-state index in [0.29, 0.717) is 6.04 Å². The maximum absolute atomic E-state index is 3.42. The Hall–Kier alpha value is -0.860. The molecule has 0 spiro atoms. The number of hydrogen-bond acceptors (Lipinski definition) is 2. The zero-order chi connectivity index (χ0) is 11.2. The first-order valence-electron chi connectivity index (χ1n) is 6.34. The van der Waals surface area contributed by atoms with Gasteiger partial charge in [-0.3, -0.25) is 0 Å². The van der Waals surface area contributed by atoms with Gasteiger partial charge in [-0.05, 0) is 38.5 Å². The van der Waals surface area contributed by atoms with Crippen LogP contribution in [-0.4, -0.2) is 31.6 Å². The second-order valence-electron chi connectivity index (χ2n) is 4.61. The van der Waals surface area contributed by atoms with E-state index >= 15 is 0 Å². The first-order chi connectivity index (χ1) is 7.90. The minimum atomic E-state index is 0.472. The third-order valence-electron chi connectivity index (χ3n) is 3.44. The average molecular weight is 218 g/mol. The lowest BCUT2D eigenvalue weighted by atomic mass is 10.0. The van der Waals surface area contributed by atoms with Crippen molar-refractivity contribution in [2.24, 2.45) is 0 Å². The first-order valence-corrected chi connectivity index (χ1v) is 6.34. The summed E-state index contributed by atoms with van der Waals surface area (Å²) < 4.78 is 0. The SMILES string of the molecule is CN[C@H](CN1CCCCC1)c1ccccc1. The molecule has 0 radical (unpaired) electrons. The second-order valence-corrected chi connectivity index (χ2v) is 4.61. The standard InChI is InChI=1S/C14H22N2/c1-15-14(13-8-4-2-5-9-13)12-16-10-6-3-7-11-16/h2,4-5,8-9,14-15H,3,6-7,10-12H2,1H3/t14-/m1/s1. The Balaban J connectivity index is 1.94. The van der Waals surface area contributed by atoms with Crippen LogP contribution in [0.1, 0.15) is 30.9 Å². The van der Waals surface area contributed by atoms with Gasteiger partial charge in [0.2, 0.25) is 0 Å². The molecule has 1 aliphatic heterocycles. The number of benzene rings is 1. The fourth-order valence-corrected chi connectivity index (χ4v) is 2.45. The summed E-state index contributed by atoms with van der Waals surface area (Å²) in [6.07, 6.45) is 4.14. The number of hydrogen-bond donors (Lipinski definition) is 1. The topological polar surface area (TPSA) is 15.3 Å². The van der Waals surface area contributed by atoms with Gasteiger partial charge in [0.15, 0.2) is 0 Å². The van der Waals surface area contributed by atoms with Crippen LogP contribution < -0.4 is 5.32 Å². The van der Waals surface area contributed by atoms with E-state index in [2.05, 4.69) is 47.6 Å². The first kappa shape index (κ1) is 11.6. The molecule has 2 nitrogen and oxygen atoms in total. The highest BCUT2D eigenvalue weighted by Crippen LogP contribution is 2.16. The van der Waals surface area contributed by atoms with Crippen LogP contribution in [0.2, 0.25) is 0 Å². The molecule has 1 atom stereocenters. The van der Waals surface area contributed by atoms with Crippen molar-refractivity contribution < 1.29 is 0 Å². The predicted molar refractivity (Wildman–Crippen MR) is 68.5 cm³/mol. The highest BCUT2D eigenvalue weighted by Gasteiger charge is 2.16. The molecule has 1 heterocycles. The molecule has 1 aromatic carbocycles. The normalized spacial score (nSPS) is 19.6. The Bertz CT molecular complexity index is 291. The molecule has 16 heavy (non-hydrogen) atoms. The quantitative estimate of drug-likeness (QED) is 0.835. The Morgan fingerprint density at radius 3 is 2.44 bits per heavy atom. The van der Waals surface area contributed by atoms with Crippen LogP contribution in [0.5, 0.6) is 0 Å². The summed E-state index contributed by atoms with van der Waals surface area (Å²) in [5.41, 5.74) is 1.40. The molecule has 1 aliphatic rings. The molecule has 0 bridgehead atoms. The molecule has 1 saturated heterocycles. The third kappa shape index (κ3) is 3.06. The Morgan fingerprint density at radius 2 is 1.81 bits per heavy atom. The fourth-order valence-electron chi connectivity index (χ4n) is 2.45. The summed E-state index contributed by atoms with van der Waals surface area (Å²) in [6, 6.07) is 11.2. The molecule has 0 unspecified atom stereocenters. The van der Waals surface area contributed by atoms with E-state index in [9.17, 15) is 0 Å². The molecule has 88 valence electrons. The van der Waals surface area contributed by atoms with Crippen molar-refractivity contribution in [2.45, 2.75) is 25.3 Å². The van der Waals surface area contributed by atoms with Gasteiger partial charge >= 0.3 is 0 Å². The van der Waals surface area contributed by atoms with Crippen LogP contribution in [0.15, 0.2) is 30.3 Å². The summed E-state index contributed by atoms with van der Waals surface area (Å²) in [4.78, 5) is 2.58. The Morgan fingerprint density at radius 1 is 1.12 bits per heavy atom. The van der Waals surface area contributed by atoms with E-state index in [1.54, 1.807) is 0 Å². The molecule has 0 amide bonds. The molecule has 0 aromatic heterocycles. The fraction of sp³-hybridized carbons (Fsp3) is 0.571. The van der Waals surface area contributed by atoms with Gasteiger partial charge in [-0.2, -0.15) is 0 Å². The van der Waals surface area contributed by atoms with Gasteiger partial charge in [0.25, 0.3) is 0 Å². The number of rotatable bonds is 4. The van der Waals surface area contributed by atoms with E-state index in [1.165, 1.54) is 37.9 Å². The minimum absolute atomic E-state index is 0.472. The van der Waals surface area contributed by atoms with Gasteiger partial charge in [-0.25, -0.2) is 0 Å². The largest absolute Gasteiger partial charge is 0.312 e. The molecule has 2 heteroatoms. The van der Waals surface area contributed by atoms with Crippen molar-refractivity contribution >= 4 is 0 Å². The lowest BCUT2D eigenvalue weighted by Gasteiger charge is -2.30. The number of nitrogens with zero attached hydrogens (tertiary/aromatic N) is 1. The van der Waals surface area contributed by atoms with Crippen LogP contribution >= 0.6 is 0 Å². The monoisotopic (exact) mass is 218 g/mol. The Labute approximate surface area is 98.7 Å². The van der Waals surface area contributed by atoms with Gasteiger partial charge in [0, 0.05) is 12.6 Å². The molecule has 0 aliphatic carbocycles. The molecule has 1 fully saturated rings. The maximum Gasteiger partial charge on any atom is 0.0446 e. The van der Waals surface area contributed by atoms with Gasteiger partial charge in [-0.15, -0.1) is 0 Å². The average Bonchev–Trinajstić information content (AvgIpc) is 2.38. The molecule has 2 rings (SSSR count). The molecular formula is C14H22N2. The van der Waals surface area contributed by atoms with Gasteiger partial charge in [0.05, 0.1) is 0 Å². The van der Waals surface area contributed by atoms with Crippen molar-refractivity contribution in [2.75, 3.05) is 26.7 Å². The van der Waals surface area contributed by atoms with Gasteiger partial charge in [0.1, 0.15) is 0 Å². The molecular weight excluding hydrogens is 196 g/mol. The second kappa shape index (κ2) is 6.02. The minimum Gasteiger partial charge on any atom is -0.312 e. The van der Waals surface area contributed by atoms with E-state index in [0.717, 1.165) is 6.54 Å². The summed E-state index contributed by atoms with van der Waals surface area (Å²) in [6.45, 7) is 3.68. The van der Waals surface area contributed by atoms with Crippen LogP contribution in [0.3, 0.4) is 0 Å². The third-order valence-corrected chi connectivity index (χ3v) is 3.44. The highest BCUT2D eigenvalue weighted by molar-refractivity contribution is 5.19. The molecule has 1 N–H and O–H groups in total. The maximum atomic E-state index is 3.42. The van der Waals surface area contributed by atoms with Crippen molar-refractivity contribution in [3.63, 3.8) is 0 Å². The summed E-state index contributed by atoms with van der Waals surface area (Å²) in [5.74, 6) is 0. The smallest absolute Gasteiger partial charge is 0.0446 e. The van der Waals surface area contributed by atoms with Gasteiger partial charge < -0.3 is 10.2 Å². The van der Waals surface area contributed by atoms with Crippen LogP contribution in [-0.2, 0) is 0 Å². The summed E-state index contributed by atoms with van der Waals surface area (Å²) >= 11 is 0. The number of piperidine rings is 1. The van der Waals surface area contributed by atoms with Crippen LogP contribution in [0.25, 0.3) is 0 Å². The van der Waals surface area contributed by atoms with E-state index in [4.69, 9.17) is 0 Å². The van der Waals surface area contributed by atoms with Crippen molar-refractivity contribution in [1.29, 1.82) is 0 Å². The van der Waals surface area contributed by atoms with Crippen molar-refractivity contribution in [1.82, 2.24) is 10.2 Å². The van der Waals surface area contributed by atoms with E-state index in [-0.39, 0.29) is 0 Å². The Kier molecular flexibility index (Phi) is 4.37. The van der Waals surface area contributed by atoms with E-state index < -0.39 is 0 Å². The lowest BCUT2D eigenvalue weighted by molar-refractivity contribution is 0.208. The van der Waals surface area contributed by atoms with E-state index in [1.807, 2.05) is 0 Å². The molecule has 0 saturated carbocycles. The van der Waals surface area contributed by atoms with Crippen LogP contribution in [0.4, 0.5) is 0 Å². The number of nitrogens with one attached hydrogen (secondary N) is 1. The number of likely N-dealkylation sites (tertiary alicyclic amines) is 1. The zero-order valence-corrected chi connectivity index (χ0v) is 10.2. The number of likely N-dealkylation sites (N-methyl/N-ethyl adjacent to an activating group) is 1. The molecule has 1 aromatic rings. The summed E-state index contributed by atoms with van der Waals surface area (Å²) in [5, 5.41) is 3.42. The highest BCUT2D eigenvalue weighted by atomic mass is 15.1. The van der Waals surface area contributed by atoms with Crippen molar-refractivity contribution in [3.05, 3.63) is 35.9 Å². The predicted octanol–water partition coefficient (Wildman–Crippen LogP) is 2.43. The zero-order valence-electron chi connectivity index (χ0n) is 10.2. The van der Waals surface area contributed by atoms with Gasteiger partial charge in [-0.1, -0.05) is 36.8 Å². The lowest BCUT2D eigenvalue weighted by Crippen LogP contribution is -2.37. The summed E-state index contributed by atoms with van der Waals surface area (Å²) in [7, 11) is 2.06. The van der Waals surface area contributed by atoms with Crippen molar-refractivity contribution in [3.8, 4) is 0 Å². The van der Waals surface area contributed by atoms with Crippen LogP contribution in [0, 0.1) is 0 Å².